The highest BCUT2D eigenvalue weighted by Crippen LogP contribution is 2.26. The Bertz CT molecular complexity index is 737. The van der Waals surface area contributed by atoms with E-state index in [9.17, 15) is 9.59 Å². The lowest BCUT2D eigenvalue weighted by Gasteiger charge is -2.21. The average molecular weight is 326 g/mol. The molecule has 0 saturated carbocycles. The van der Waals surface area contributed by atoms with E-state index in [2.05, 4.69) is 9.88 Å². The number of carbonyl (C=O) groups excluding carboxylic acids is 2. The second-order valence-electron chi connectivity index (χ2n) is 7.15. The van der Waals surface area contributed by atoms with E-state index in [1.165, 1.54) is 0 Å². The monoisotopic (exact) mass is 326 g/mol. The van der Waals surface area contributed by atoms with Gasteiger partial charge >= 0.3 is 0 Å². The maximum Gasteiger partial charge on any atom is 0.222 e. The van der Waals surface area contributed by atoms with Crippen molar-refractivity contribution in [2.45, 2.75) is 53.1 Å². The molecule has 0 saturated heterocycles. The van der Waals surface area contributed by atoms with Crippen LogP contribution in [0.3, 0.4) is 0 Å². The number of nitrogens with zero attached hydrogens (tertiary/aromatic N) is 1. The summed E-state index contributed by atoms with van der Waals surface area (Å²) in [5, 5.41) is 2.98. The Morgan fingerprint density at radius 2 is 1.75 bits per heavy atom. The van der Waals surface area contributed by atoms with Crippen molar-refractivity contribution in [3.05, 3.63) is 47.7 Å². The van der Waals surface area contributed by atoms with Crippen molar-refractivity contribution in [3.63, 3.8) is 0 Å². The van der Waals surface area contributed by atoms with E-state index < -0.39 is 0 Å². The third-order valence-electron chi connectivity index (χ3n) is 3.89. The van der Waals surface area contributed by atoms with Crippen molar-refractivity contribution < 1.29 is 9.59 Å². The number of carbonyl (C=O) groups is 2. The summed E-state index contributed by atoms with van der Waals surface area (Å²) in [4.78, 5) is 24.0. The number of benzene rings is 1. The van der Waals surface area contributed by atoms with E-state index >= 15 is 0 Å². The maximum atomic E-state index is 12.1. The van der Waals surface area contributed by atoms with Crippen molar-refractivity contribution in [1.29, 1.82) is 0 Å². The first kappa shape index (κ1) is 18.0. The molecule has 0 spiro atoms. The van der Waals surface area contributed by atoms with Gasteiger partial charge in [0.15, 0.2) is 5.78 Å². The molecule has 4 nitrogen and oxygen atoms in total. The highest BCUT2D eigenvalue weighted by atomic mass is 16.1. The van der Waals surface area contributed by atoms with Crippen LogP contribution >= 0.6 is 0 Å². The molecule has 0 unspecified atom stereocenters. The lowest BCUT2D eigenvalue weighted by Crippen LogP contribution is -2.40. The number of aromatic nitrogens is 1. The van der Waals surface area contributed by atoms with E-state index in [0.29, 0.717) is 18.5 Å². The smallest absolute Gasteiger partial charge is 0.222 e. The molecule has 1 heterocycles. The topological polar surface area (TPSA) is 51.1 Å². The highest BCUT2D eigenvalue weighted by Gasteiger charge is 2.18. The van der Waals surface area contributed by atoms with Gasteiger partial charge in [0.25, 0.3) is 0 Å². The van der Waals surface area contributed by atoms with Gasteiger partial charge in [0, 0.05) is 35.5 Å². The number of hydrogen-bond donors (Lipinski definition) is 1. The van der Waals surface area contributed by atoms with Crippen molar-refractivity contribution in [2.75, 3.05) is 0 Å². The first-order chi connectivity index (χ1) is 11.2. The summed E-state index contributed by atoms with van der Waals surface area (Å²) >= 11 is 0. The molecule has 0 aliphatic heterocycles. The largest absolute Gasteiger partial charge is 0.351 e. The summed E-state index contributed by atoms with van der Waals surface area (Å²) < 4.78 is 2.06. The van der Waals surface area contributed by atoms with E-state index in [0.717, 1.165) is 17.0 Å². The van der Waals surface area contributed by atoms with Crippen LogP contribution in [0.1, 0.15) is 50.2 Å². The summed E-state index contributed by atoms with van der Waals surface area (Å²) in [5.41, 5.74) is 3.40. The second kappa shape index (κ2) is 7.04. The van der Waals surface area contributed by atoms with E-state index in [-0.39, 0.29) is 17.2 Å². The zero-order valence-electron chi connectivity index (χ0n) is 15.1. The Labute approximate surface area is 143 Å². The Morgan fingerprint density at radius 1 is 1.12 bits per heavy atom. The molecule has 1 aromatic carbocycles. The standard InChI is InChI=1S/C20H26N2O2/c1-14-17(15(2)23)13-18(16-9-7-6-8-10-16)22(14)12-11-19(24)21-20(3,4)5/h6-10,13H,11-12H2,1-5H3,(H,21,24). The van der Waals surface area contributed by atoms with Crippen LogP contribution in [0.15, 0.2) is 36.4 Å². The highest BCUT2D eigenvalue weighted by molar-refractivity contribution is 5.96. The van der Waals surface area contributed by atoms with Crippen molar-refractivity contribution in [2.24, 2.45) is 0 Å². The van der Waals surface area contributed by atoms with Gasteiger partial charge < -0.3 is 9.88 Å². The Kier molecular flexibility index (Phi) is 5.27. The van der Waals surface area contributed by atoms with Gasteiger partial charge in [-0.05, 0) is 46.2 Å². The van der Waals surface area contributed by atoms with Gasteiger partial charge in [-0.25, -0.2) is 0 Å². The van der Waals surface area contributed by atoms with Gasteiger partial charge in [0.1, 0.15) is 0 Å². The molecule has 4 heteroatoms. The van der Waals surface area contributed by atoms with Crippen LogP contribution in [0.4, 0.5) is 0 Å². The molecule has 0 aliphatic carbocycles. The van der Waals surface area contributed by atoms with Crippen molar-refractivity contribution >= 4 is 11.7 Å². The van der Waals surface area contributed by atoms with Crippen LogP contribution in [0, 0.1) is 6.92 Å². The first-order valence-electron chi connectivity index (χ1n) is 8.26. The number of amides is 1. The maximum absolute atomic E-state index is 12.1. The molecular weight excluding hydrogens is 300 g/mol. The minimum Gasteiger partial charge on any atom is -0.351 e. The van der Waals surface area contributed by atoms with Crippen LogP contribution < -0.4 is 5.32 Å². The number of ketones is 1. The fraction of sp³-hybridized carbons (Fsp3) is 0.400. The SMILES string of the molecule is CC(=O)c1cc(-c2ccccc2)n(CCC(=O)NC(C)(C)C)c1C. The third-order valence-corrected chi connectivity index (χ3v) is 3.89. The predicted octanol–water partition coefficient (Wildman–Crippen LogP) is 3.97. The number of nitrogens with one attached hydrogen (secondary N) is 1. The Morgan fingerprint density at radius 3 is 2.29 bits per heavy atom. The molecule has 1 N–H and O–H groups in total. The molecule has 128 valence electrons. The summed E-state index contributed by atoms with van der Waals surface area (Å²) in [6, 6.07) is 11.9. The van der Waals surface area contributed by atoms with E-state index in [1.807, 2.05) is 64.1 Å². The predicted molar refractivity (Wildman–Crippen MR) is 97.1 cm³/mol. The summed E-state index contributed by atoms with van der Waals surface area (Å²) in [6.45, 7) is 9.96. The van der Waals surface area contributed by atoms with Crippen LogP contribution in [-0.2, 0) is 11.3 Å². The lowest BCUT2D eigenvalue weighted by molar-refractivity contribution is -0.122. The molecule has 1 amide bonds. The number of rotatable bonds is 5. The van der Waals surface area contributed by atoms with Crippen LogP contribution in [0.2, 0.25) is 0 Å². The normalized spacial score (nSPS) is 11.4. The third kappa shape index (κ3) is 4.34. The fourth-order valence-electron chi connectivity index (χ4n) is 2.83. The van der Waals surface area contributed by atoms with Gasteiger partial charge in [0.2, 0.25) is 5.91 Å². The Balaban J connectivity index is 2.31. The van der Waals surface area contributed by atoms with E-state index in [1.54, 1.807) is 6.92 Å². The van der Waals surface area contributed by atoms with Gasteiger partial charge in [-0.15, -0.1) is 0 Å². The van der Waals surface area contributed by atoms with E-state index in [4.69, 9.17) is 0 Å². The number of hydrogen-bond acceptors (Lipinski definition) is 2. The van der Waals surface area contributed by atoms with Gasteiger partial charge in [0.05, 0.1) is 0 Å². The number of Topliss-reactive ketones (excluding diaryl/α,β-unsaturated/α-hetero) is 1. The molecule has 0 radical (unpaired) electrons. The van der Waals surface area contributed by atoms with Gasteiger partial charge in [-0.3, -0.25) is 9.59 Å². The molecule has 2 aromatic rings. The molecule has 24 heavy (non-hydrogen) atoms. The molecule has 0 atom stereocenters. The van der Waals surface area contributed by atoms with Crippen LogP contribution in [-0.4, -0.2) is 21.8 Å². The fourth-order valence-corrected chi connectivity index (χ4v) is 2.83. The second-order valence-corrected chi connectivity index (χ2v) is 7.15. The summed E-state index contributed by atoms with van der Waals surface area (Å²) in [6.07, 6.45) is 0.379. The quantitative estimate of drug-likeness (QED) is 0.845. The zero-order valence-corrected chi connectivity index (χ0v) is 15.1. The molecular formula is C20H26N2O2. The lowest BCUT2D eigenvalue weighted by atomic mass is 10.1. The van der Waals surface area contributed by atoms with Crippen LogP contribution in [0.5, 0.6) is 0 Å². The van der Waals surface area contributed by atoms with Gasteiger partial charge in [-0.2, -0.15) is 0 Å². The minimum atomic E-state index is -0.240. The van der Waals surface area contributed by atoms with Crippen molar-refractivity contribution in [3.8, 4) is 11.3 Å². The van der Waals surface area contributed by atoms with Crippen molar-refractivity contribution in [1.82, 2.24) is 9.88 Å². The summed E-state index contributed by atoms with van der Waals surface area (Å²) in [7, 11) is 0. The average Bonchev–Trinajstić information content (AvgIpc) is 2.81. The molecule has 0 bridgehead atoms. The molecule has 0 fully saturated rings. The zero-order chi connectivity index (χ0) is 17.9. The Hall–Kier alpha value is -2.36. The molecule has 0 aliphatic rings. The first-order valence-corrected chi connectivity index (χ1v) is 8.26. The van der Waals surface area contributed by atoms with Gasteiger partial charge in [-0.1, -0.05) is 30.3 Å². The van der Waals surface area contributed by atoms with Crippen LogP contribution in [0.25, 0.3) is 11.3 Å². The summed E-state index contributed by atoms with van der Waals surface area (Å²) in [5.74, 6) is 0.0570. The molecule has 2 rings (SSSR count). The minimum absolute atomic E-state index is 0.0130. The molecule has 1 aromatic heterocycles.